The van der Waals surface area contributed by atoms with Crippen molar-refractivity contribution < 1.29 is 4.79 Å². The predicted molar refractivity (Wildman–Crippen MR) is 116 cm³/mol. The summed E-state index contributed by atoms with van der Waals surface area (Å²) in [5.74, 6) is 1.41. The Morgan fingerprint density at radius 3 is 2.35 bits per heavy atom. The van der Waals surface area contributed by atoms with E-state index in [1.807, 2.05) is 7.05 Å². The van der Waals surface area contributed by atoms with E-state index in [0.717, 1.165) is 58.1 Å². The van der Waals surface area contributed by atoms with E-state index in [-0.39, 0.29) is 35.8 Å². The molecule has 0 spiro atoms. The van der Waals surface area contributed by atoms with E-state index in [1.54, 1.807) is 0 Å². The highest BCUT2D eigenvalue weighted by atomic mass is 127. The molecular weight excluding hydrogens is 441 g/mol. The van der Waals surface area contributed by atoms with Gasteiger partial charge in [0, 0.05) is 58.8 Å². The van der Waals surface area contributed by atoms with Gasteiger partial charge in [0.2, 0.25) is 5.91 Å². The minimum Gasteiger partial charge on any atom is -0.354 e. The minimum absolute atomic E-state index is 0. The molecule has 1 aromatic rings. The van der Waals surface area contributed by atoms with Gasteiger partial charge in [-0.3, -0.25) is 14.7 Å². The van der Waals surface area contributed by atoms with Gasteiger partial charge in [-0.25, -0.2) is 0 Å². The summed E-state index contributed by atoms with van der Waals surface area (Å²) in [5, 5.41) is 6.34. The first-order valence-corrected chi connectivity index (χ1v) is 9.26. The number of carbonyl (C=O) groups excluding carboxylic acids is 1. The van der Waals surface area contributed by atoms with E-state index in [4.69, 9.17) is 0 Å². The van der Waals surface area contributed by atoms with Gasteiger partial charge >= 0.3 is 0 Å². The fraction of sp³-hybridized carbons (Fsp3) is 0.579. The molecule has 0 unspecified atom stereocenters. The highest BCUT2D eigenvalue weighted by Gasteiger charge is 2.29. The summed E-state index contributed by atoms with van der Waals surface area (Å²) in [4.78, 5) is 20.8. The number of rotatable bonds is 6. The second-order valence-corrected chi connectivity index (χ2v) is 6.79. The van der Waals surface area contributed by atoms with Crippen LogP contribution in [-0.2, 0) is 11.3 Å². The molecule has 7 heteroatoms. The molecule has 2 aliphatic rings. The van der Waals surface area contributed by atoms with Crippen LogP contribution in [0.5, 0.6) is 0 Å². The summed E-state index contributed by atoms with van der Waals surface area (Å²) in [5.41, 5.74) is 1.37. The zero-order chi connectivity index (χ0) is 17.5. The van der Waals surface area contributed by atoms with Gasteiger partial charge in [-0.05, 0) is 18.4 Å². The molecule has 1 aromatic carbocycles. The van der Waals surface area contributed by atoms with E-state index in [2.05, 4.69) is 55.8 Å². The van der Waals surface area contributed by atoms with E-state index in [9.17, 15) is 4.79 Å². The minimum atomic E-state index is 0. The molecule has 1 saturated carbocycles. The lowest BCUT2D eigenvalue weighted by Gasteiger charge is -2.36. The fourth-order valence-electron chi connectivity index (χ4n) is 3.14. The molecule has 26 heavy (non-hydrogen) atoms. The third-order valence-corrected chi connectivity index (χ3v) is 4.79. The summed E-state index contributed by atoms with van der Waals surface area (Å²) in [6.45, 7) is 6.40. The normalized spacial score (nSPS) is 18.2. The van der Waals surface area contributed by atoms with Crippen molar-refractivity contribution in [1.82, 2.24) is 20.4 Å². The molecule has 3 rings (SSSR count). The zero-order valence-corrected chi connectivity index (χ0v) is 17.8. The highest BCUT2D eigenvalue weighted by Crippen LogP contribution is 2.28. The number of piperazine rings is 1. The number of benzene rings is 1. The molecule has 0 bridgehead atoms. The second kappa shape index (κ2) is 10.7. The molecule has 1 heterocycles. The Morgan fingerprint density at radius 2 is 1.73 bits per heavy atom. The maximum atomic E-state index is 11.6. The molecule has 0 aromatic heterocycles. The number of nitrogens with zero attached hydrogens (tertiary/aromatic N) is 3. The van der Waals surface area contributed by atoms with Crippen molar-refractivity contribution in [3.63, 3.8) is 0 Å². The van der Waals surface area contributed by atoms with Gasteiger partial charge < -0.3 is 15.5 Å². The largest absolute Gasteiger partial charge is 0.354 e. The molecule has 2 fully saturated rings. The molecule has 0 atom stereocenters. The quantitative estimate of drug-likeness (QED) is 0.286. The smallest absolute Gasteiger partial charge is 0.223 e. The summed E-state index contributed by atoms with van der Waals surface area (Å²) in [6.07, 6.45) is 2.10. The molecule has 1 saturated heterocycles. The van der Waals surface area contributed by atoms with Crippen LogP contribution >= 0.6 is 24.0 Å². The Labute approximate surface area is 173 Å². The maximum Gasteiger partial charge on any atom is 0.223 e. The van der Waals surface area contributed by atoms with Gasteiger partial charge in [-0.1, -0.05) is 30.3 Å². The van der Waals surface area contributed by atoms with Crippen LogP contribution in [0.15, 0.2) is 35.3 Å². The first-order chi connectivity index (χ1) is 12.3. The van der Waals surface area contributed by atoms with Gasteiger partial charge in [0.05, 0.1) is 0 Å². The zero-order valence-electron chi connectivity index (χ0n) is 15.5. The molecule has 0 radical (unpaired) electrons. The monoisotopic (exact) mass is 471 g/mol. The molecule has 1 amide bonds. The fourth-order valence-corrected chi connectivity index (χ4v) is 3.14. The van der Waals surface area contributed by atoms with Gasteiger partial charge in [0.25, 0.3) is 0 Å². The number of aliphatic imine (C=N–C) groups is 1. The Bertz CT molecular complexity index is 583. The van der Waals surface area contributed by atoms with E-state index < -0.39 is 0 Å². The topological polar surface area (TPSA) is 60.0 Å². The van der Waals surface area contributed by atoms with Crippen molar-refractivity contribution in [3.8, 4) is 0 Å². The first-order valence-electron chi connectivity index (χ1n) is 9.26. The van der Waals surface area contributed by atoms with Crippen LogP contribution in [0.4, 0.5) is 0 Å². The molecule has 2 N–H and O–H groups in total. The van der Waals surface area contributed by atoms with Crippen LogP contribution in [-0.4, -0.2) is 68.0 Å². The Balaban J connectivity index is 0.00000243. The van der Waals surface area contributed by atoms with Crippen LogP contribution in [0.2, 0.25) is 0 Å². The highest BCUT2D eigenvalue weighted by molar-refractivity contribution is 14.0. The average molecular weight is 471 g/mol. The average Bonchev–Trinajstić information content (AvgIpc) is 3.49. The Morgan fingerprint density at radius 1 is 1.08 bits per heavy atom. The summed E-state index contributed by atoms with van der Waals surface area (Å²) in [7, 11) is 1.82. The Hall–Kier alpha value is -1.35. The number of guanidine groups is 1. The molecular formula is C19H30IN5O. The van der Waals surface area contributed by atoms with Crippen LogP contribution in [0, 0.1) is 5.92 Å². The number of amides is 1. The standard InChI is InChI=1S/C19H29N5O.HI/c1-20-19(22-10-9-21-18(25)17-7-8-17)24-13-11-23(12-14-24)15-16-5-3-2-4-6-16;/h2-6,17H,7-15H2,1H3,(H,20,22)(H,21,25);1H. The summed E-state index contributed by atoms with van der Waals surface area (Å²) >= 11 is 0. The lowest BCUT2D eigenvalue weighted by Crippen LogP contribution is -2.53. The van der Waals surface area contributed by atoms with Crippen LogP contribution in [0.1, 0.15) is 18.4 Å². The van der Waals surface area contributed by atoms with Crippen molar-refractivity contribution in [2.75, 3.05) is 46.3 Å². The molecule has 144 valence electrons. The van der Waals surface area contributed by atoms with Gasteiger partial charge in [-0.15, -0.1) is 24.0 Å². The number of hydrogen-bond donors (Lipinski definition) is 2. The molecule has 1 aliphatic carbocycles. The maximum absolute atomic E-state index is 11.6. The van der Waals surface area contributed by atoms with Crippen molar-refractivity contribution in [2.24, 2.45) is 10.9 Å². The van der Waals surface area contributed by atoms with Crippen LogP contribution in [0.3, 0.4) is 0 Å². The van der Waals surface area contributed by atoms with Crippen molar-refractivity contribution in [1.29, 1.82) is 0 Å². The number of hydrogen-bond acceptors (Lipinski definition) is 3. The van der Waals surface area contributed by atoms with Gasteiger partial charge in [0.15, 0.2) is 5.96 Å². The third kappa shape index (κ3) is 6.42. The van der Waals surface area contributed by atoms with Crippen molar-refractivity contribution in [3.05, 3.63) is 35.9 Å². The van der Waals surface area contributed by atoms with E-state index in [0.29, 0.717) is 6.54 Å². The lowest BCUT2D eigenvalue weighted by molar-refractivity contribution is -0.122. The third-order valence-electron chi connectivity index (χ3n) is 4.79. The van der Waals surface area contributed by atoms with Gasteiger partial charge in [0.1, 0.15) is 0 Å². The summed E-state index contributed by atoms with van der Waals surface area (Å²) in [6, 6.07) is 10.6. The Kier molecular flexibility index (Phi) is 8.64. The van der Waals surface area contributed by atoms with E-state index >= 15 is 0 Å². The number of carbonyl (C=O) groups is 1. The van der Waals surface area contributed by atoms with Crippen LogP contribution < -0.4 is 10.6 Å². The number of halogens is 1. The summed E-state index contributed by atoms with van der Waals surface area (Å²) < 4.78 is 0. The molecule has 1 aliphatic heterocycles. The van der Waals surface area contributed by atoms with E-state index in [1.165, 1.54) is 5.56 Å². The second-order valence-electron chi connectivity index (χ2n) is 6.79. The lowest BCUT2D eigenvalue weighted by atomic mass is 10.2. The SMILES string of the molecule is CN=C(NCCNC(=O)C1CC1)N1CCN(Cc2ccccc2)CC1.I. The molecule has 6 nitrogen and oxygen atoms in total. The number of nitrogens with one attached hydrogen (secondary N) is 2. The van der Waals surface area contributed by atoms with Crippen LogP contribution in [0.25, 0.3) is 0 Å². The predicted octanol–water partition coefficient (Wildman–Crippen LogP) is 1.52. The van der Waals surface area contributed by atoms with Crippen molar-refractivity contribution in [2.45, 2.75) is 19.4 Å². The van der Waals surface area contributed by atoms with Gasteiger partial charge in [-0.2, -0.15) is 0 Å². The first kappa shape index (κ1) is 21.0. The van der Waals surface area contributed by atoms with Crippen molar-refractivity contribution >= 4 is 35.8 Å².